The van der Waals surface area contributed by atoms with E-state index in [0.29, 0.717) is 43.7 Å². The predicted molar refractivity (Wildman–Crippen MR) is 135 cm³/mol. The number of carbonyl (C=O) groups excluding carboxylic acids is 2. The summed E-state index contributed by atoms with van der Waals surface area (Å²) in [5.41, 5.74) is 0.431. The number of halogens is 2. The number of rotatable bonds is 13. The summed E-state index contributed by atoms with van der Waals surface area (Å²) >= 11 is 12.7. The predicted octanol–water partition coefficient (Wildman–Crippen LogP) is 6.27. The summed E-state index contributed by atoms with van der Waals surface area (Å²) in [6, 6.07) is 4.86. The number of hydrogen-bond donors (Lipinski definition) is 1. The average molecular weight is 526 g/mol. The van der Waals surface area contributed by atoms with Crippen LogP contribution in [0, 0.1) is 0 Å². The summed E-state index contributed by atoms with van der Waals surface area (Å²) < 4.78 is 22.1. The molecule has 190 valence electrons. The third kappa shape index (κ3) is 7.73. The SMILES string of the molecule is CCOc1cc(Cl)c(OCC)c(NC(=O)C(N=Nc2cc(OCC)cc(OCC)c2Cl)C(C)=O)c1. The zero-order valence-electron chi connectivity index (χ0n) is 20.3. The molecular weight excluding hydrogens is 497 g/mol. The third-order valence-electron chi connectivity index (χ3n) is 4.39. The van der Waals surface area contributed by atoms with E-state index in [2.05, 4.69) is 15.5 Å². The number of Topliss-reactive ketones (excluding diaryl/α,β-unsaturated/α-hetero) is 1. The Balaban J connectivity index is 2.39. The van der Waals surface area contributed by atoms with Gasteiger partial charge in [0.2, 0.25) is 6.04 Å². The first-order valence-electron chi connectivity index (χ1n) is 11.2. The number of ether oxygens (including phenoxy) is 4. The Morgan fingerprint density at radius 2 is 1.49 bits per heavy atom. The lowest BCUT2D eigenvalue weighted by Gasteiger charge is -2.16. The van der Waals surface area contributed by atoms with E-state index in [1.807, 2.05) is 20.8 Å². The first kappa shape index (κ1) is 28.2. The van der Waals surface area contributed by atoms with Gasteiger partial charge in [0.05, 0.1) is 37.1 Å². The Labute approximate surface area is 214 Å². The molecule has 2 aromatic carbocycles. The molecule has 2 rings (SSSR count). The van der Waals surface area contributed by atoms with Crippen molar-refractivity contribution in [2.75, 3.05) is 31.7 Å². The van der Waals surface area contributed by atoms with E-state index in [9.17, 15) is 9.59 Å². The molecule has 0 aromatic heterocycles. The zero-order chi connectivity index (χ0) is 26.0. The maximum atomic E-state index is 13.0. The molecule has 1 atom stereocenters. The van der Waals surface area contributed by atoms with Crippen molar-refractivity contribution < 1.29 is 28.5 Å². The second-order valence-electron chi connectivity index (χ2n) is 6.99. The van der Waals surface area contributed by atoms with E-state index in [0.717, 1.165) is 0 Å². The van der Waals surface area contributed by atoms with Gasteiger partial charge in [-0.1, -0.05) is 23.2 Å². The first-order chi connectivity index (χ1) is 16.7. The summed E-state index contributed by atoms with van der Waals surface area (Å²) in [6.07, 6.45) is 0. The lowest BCUT2D eigenvalue weighted by Crippen LogP contribution is -2.32. The van der Waals surface area contributed by atoms with Gasteiger partial charge in [0, 0.05) is 24.3 Å². The number of nitrogens with one attached hydrogen (secondary N) is 1. The molecule has 1 amide bonds. The molecule has 0 radical (unpaired) electrons. The molecule has 11 heteroatoms. The van der Waals surface area contributed by atoms with Crippen LogP contribution in [0.15, 0.2) is 34.5 Å². The van der Waals surface area contributed by atoms with E-state index < -0.39 is 17.7 Å². The van der Waals surface area contributed by atoms with Gasteiger partial charge in [0.25, 0.3) is 5.91 Å². The van der Waals surface area contributed by atoms with Gasteiger partial charge < -0.3 is 24.3 Å². The highest BCUT2D eigenvalue weighted by Crippen LogP contribution is 2.40. The lowest BCUT2D eigenvalue weighted by molar-refractivity contribution is -0.126. The van der Waals surface area contributed by atoms with Gasteiger partial charge in [-0.15, -0.1) is 0 Å². The summed E-state index contributed by atoms with van der Waals surface area (Å²) in [5, 5.41) is 11.1. The molecule has 0 aliphatic rings. The molecule has 0 saturated carbocycles. The topological polar surface area (TPSA) is 108 Å². The van der Waals surface area contributed by atoms with Gasteiger partial charge in [0.15, 0.2) is 11.5 Å². The van der Waals surface area contributed by atoms with E-state index in [1.165, 1.54) is 6.92 Å². The molecule has 1 N–H and O–H groups in total. The second-order valence-corrected chi connectivity index (χ2v) is 7.77. The van der Waals surface area contributed by atoms with Crippen molar-refractivity contribution >= 4 is 46.3 Å². The first-order valence-corrected chi connectivity index (χ1v) is 11.9. The lowest BCUT2D eigenvalue weighted by atomic mass is 10.2. The van der Waals surface area contributed by atoms with Crippen LogP contribution in [-0.4, -0.2) is 44.2 Å². The molecule has 0 aliphatic heterocycles. The molecule has 0 spiro atoms. The van der Waals surface area contributed by atoms with Crippen molar-refractivity contribution in [2.24, 2.45) is 10.2 Å². The standard InChI is InChI=1S/C24H29Cl2N3O6/c1-6-32-15-10-17(25)23(35-9-4)19(12-15)27-24(31)22(14(5)30)29-28-18-11-16(33-7-2)13-20(21(18)26)34-8-3/h10-13,22H,6-9H2,1-5H3,(H,27,31). The molecule has 0 saturated heterocycles. The van der Waals surface area contributed by atoms with Crippen LogP contribution < -0.4 is 24.3 Å². The molecule has 0 heterocycles. The number of azo groups is 1. The van der Waals surface area contributed by atoms with Crippen LogP contribution in [0.1, 0.15) is 34.6 Å². The molecule has 35 heavy (non-hydrogen) atoms. The van der Waals surface area contributed by atoms with Gasteiger partial charge in [-0.05, 0) is 34.6 Å². The van der Waals surface area contributed by atoms with Gasteiger partial charge in [-0.2, -0.15) is 10.2 Å². The zero-order valence-corrected chi connectivity index (χ0v) is 21.8. The number of nitrogens with zero attached hydrogens (tertiary/aromatic N) is 2. The van der Waals surface area contributed by atoms with Crippen molar-refractivity contribution in [1.82, 2.24) is 0 Å². The molecule has 0 aliphatic carbocycles. The Bertz CT molecular complexity index is 1080. The van der Waals surface area contributed by atoms with Crippen molar-refractivity contribution in [3.8, 4) is 23.0 Å². The minimum absolute atomic E-state index is 0.177. The third-order valence-corrected chi connectivity index (χ3v) is 5.05. The summed E-state index contributed by atoms with van der Waals surface area (Å²) in [4.78, 5) is 25.3. The second kappa shape index (κ2) is 13.7. The fourth-order valence-corrected chi connectivity index (χ4v) is 3.45. The van der Waals surface area contributed by atoms with Crippen molar-refractivity contribution in [3.05, 3.63) is 34.3 Å². The van der Waals surface area contributed by atoms with E-state index in [4.69, 9.17) is 42.1 Å². The maximum Gasteiger partial charge on any atom is 0.258 e. The number of ketones is 1. The van der Waals surface area contributed by atoms with Gasteiger partial charge in [-0.25, -0.2) is 0 Å². The van der Waals surface area contributed by atoms with E-state index >= 15 is 0 Å². The van der Waals surface area contributed by atoms with E-state index in [1.54, 1.807) is 31.2 Å². The monoisotopic (exact) mass is 525 g/mol. The van der Waals surface area contributed by atoms with Crippen LogP contribution in [-0.2, 0) is 9.59 Å². The number of hydrogen-bond acceptors (Lipinski definition) is 8. The highest BCUT2D eigenvalue weighted by Gasteiger charge is 2.26. The maximum absolute atomic E-state index is 13.0. The van der Waals surface area contributed by atoms with Crippen LogP contribution in [0.4, 0.5) is 11.4 Å². The fourth-order valence-electron chi connectivity index (χ4n) is 2.98. The normalized spacial score (nSPS) is 11.7. The van der Waals surface area contributed by atoms with E-state index in [-0.39, 0.29) is 27.2 Å². The van der Waals surface area contributed by atoms with Gasteiger partial charge in [0.1, 0.15) is 28.0 Å². The van der Waals surface area contributed by atoms with Crippen molar-refractivity contribution in [1.29, 1.82) is 0 Å². The largest absolute Gasteiger partial charge is 0.494 e. The molecule has 9 nitrogen and oxygen atoms in total. The summed E-state index contributed by atoms with van der Waals surface area (Å²) in [7, 11) is 0. The number of amides is 1. The number of anilines is 1. The van der Waals surface area contributed by atoms with Gasteiger partial charge in [-0.3, -0.25) is 9.59 Å². The highest BCUT2D eigenvalue weighted by molar-refractivity contribution is 6.34. The average Bonchev–Trinajstić information content (AvgIpc) is 2.79. The Morgan fingerprint density at radius 1 is 0.886 bits per heavy atom. The number of benzene rings is 2. The van der Waals surface area contributed by atoms with Crippen molar-refractivity contribution in [3.63, 3.8) is 0 Å². The fraction of sp³-hybridized carbons (Fsp3) is 0.417. The van der Waals surface area contributed by atoms with Crippen LogP contribution in [0.25, 0.3) is 0 Å². The van der Waals surface area contributed by atoms with Gasteiger partial charge >= 0.3 is 0 Å². The van der Waals surface area contributed by atoms with Crippen LogP contribution >= 0.6 is 23.2 Å². The Hall–Kier alpha value is -3.04. The molecule has 2 aromatic rings. The summed E-state index contributed by atoms with van der Waals surface area (Å²) in [6.45, 7) is 9.96. The smallest absolute Gasteiger partial charge is 0.258 e. The molecule has 0 fully saturated rings. The van der Waals surface area contributed by atoms with Crippen LogP contribution in [0.2, 0.25) is 10.0 Å². The highest BCUT2D eigenvalue weighted by atomic mass is 35.5. The van der Waals surface area contributed by atoms with Crippen LogP contribution in [0.5, 0.6) is 23.0 Å². The summed E-state index contributed by atoms with van der Waals surface area (Å²) in [5.74, 6) is 0.232. The van der Waals surface area contributed by atoms with Crippen LogP contribution in [0.3, 0.4) is 0 Å². The minimum atomic E-state index is -1.46. The molecular formula is C24H29Cl2N3O6. The Morgan fingerprint density at radius 3 is 2.06 bits per heavy atom. The number of carbonyl (C=O) groups is 2. The minimum Gasteiger partial charge on any atom is -0.494 e. The molecule has 1 unspecified atom stereocenters. The van der Waals surface area contributed by atoms with Crippen molar-refractivity contribution in [2.45, 2.75) is 40.7 Å². The quantitative estimate of drug-likeness (QED) is 0.244. The molecule has 0 bridgehead atoms. The Kier molecular flexibility index (Phi) is 11.1.